The van der Waals surface area contributed by atoms with Crippen molar-refractivity contribution in [1.82, 2.24) is 4.90 Å². The number of hydrogen-bond acceptors (Lipinski definition) is 4. The van der Waals surface area contributed by atoms with E-state index in [1.165, 1.54) is 12.1 Å². The summed E-state index contributed by atoms with van der Waals surface area (Å²) in [6.45, 7) is 4.95. The fraction of sp³-hybridized carbons (Fsp3) is 0.385. The van der Waals surface area contributed by atoms with E-state index in [1.54, 1.807) is 18.2 Å². The van der Waals surface area contributed by atoms with Crippen molar-refractivity contribution in [2.45, 2.75) is 4.90 Å². The van der Waals surface area contributed by atoms with Gasteiger partial charge in [-0.3, -0.25) is 4.90 Å². The summed E-state index contributed by atoms with van der Waals surface area (Å²) in [5.74, 6) is 0.00245. The molecular formula is C13H18ClNO3S. The predicted molar refractivity (Wildman–Crippen MR) is 77.2 cm³/mol. The summed E-state index contributed by atoms with van der Waals surface area (Å²) < 4.78 is 24.2. The van der Waals surface area contributed by atoms with Gasteiger partial charge in [0.25, 0.3) is 0 Å². The zero-order valence-corrected chi connectivity index (χ0v) is 12.2. The molecule has 0 aliphatic rings. The van der Waals surface area contributed by atoms with Crippen molar-refractivity contribution in [2.75, 3.05) is 32.0 Å². The van der Waals surface area contributed by atoms with Gasteiger partial charge in [-0.05, 0) is 24.3 Å². The summed E-state index contributed by atoms with van der Waals surface area (Å²) in [4.78, 5) is 2.10. The number of sulfone groups is 1. The lowest BCUT2D eigenvalue weighted by molar-refractivity contribution is 0.215. The van der Waals surface area contributed by atoms with Crippen LogP contribution in [0.25, 0.3) is 0 Å². The molecule has 0 aliphatic carbocycles. The van der Waals surface area contributed by atoms with Crippen LogP contribution in [-0.2, 0) is 9.84 Å². The molecule has 4 nitrogen and oxygen atoms in total. The Bertz CT molecular complexity index is 499. The van der Waals surface area contributed by atoms with Crippen molar-refractivity contribution in [3.8, 4) is 0 Å². The fourth-order valence-corrected chi connectivity index (χ4v) is 3.04. The topological polar surface area (TPSA) is 57.6 Å². The molecule has 1 aromatic carbocycles. The maximum absolute atomic E-state index is 12.1. The molecule has 0 atom stereocenters. The third kappa shape index (κ3) is 5.32. The zero-order valence-electron chi connectivity index (χ0n) is 10.6. The van der Waals surface area contributed by atoms with Gasteiger partial charge in [0, 0.05) is 24.7 Å². The average Bonchev–Trinajstić information content (AvgIpc) is 2.37. The summed E-state index contributed by atoms with van der Waals surface area (Å²) in [5, 5.41) is 9.41. The molecule has 0 spiro atoms. The van der Waals surface area contributed by atoms with E-state index in [0.717, 1.165) is 0 Å². The molecule has 1 rings (SSSR count). The second-order valence-electron chi connectivity index (χ2n) is 4.09. The van der Waals surface area contributed by atoms with Gasteiger partial charge in [-0.2, -0.15) is 0 Å². The van der Waals surface area contributed by atoms with E-state index in [4.69, 9.17) is 16.7 Å². The molecule has 0 fully saturated rings. The standard InChI is InChI=1S/C13H18ClNO3S/c1-2-7-15(8-10-16)9-11-19(17,18)13-5-3-12(14)4-6-13/h2-6,16H,1,7-11H2. The lowest BCUT2D eigenvalue weighted by atomic mass is 10.4. The number of hydrogen-bond donors (Lipinski definition) is 1. The maximum Gasteiger partial charge on any atom is 0.179 e. The quantitative estimate of drug-likeness (QED) is 0.741. The molecule has 1 aromatic rings. The number of aliphatic hydroxyl groups excluding tert-OH is 1. The maximum atomic E-state index is 12.1. The van der Waals surface area contributed by atoms with E-state index in [-0.39, 0.29) is 17.3 Å². The molecule has 106 valence electrons. The van der Waals surface area contributed by atoms with E-state index in [9.17, 15) is 8.42 Å². The van der Waals surface area contributed by atoms with Crippen LogP contribution in [0, 0.1) is 0 Å². The first-order chi connectivity index (χ1) is 8.99. The first kappa shape index (κ1) is 16.2. The molecule has 0 radical (unpaired) electrons. The molecule has 0 amide bonds. The summed E-state index contributed by atoms with van der Waals surface area (Å²) >= 11 is 5.73. The first-order valence-corrected chi connectivity index (χ1v) is 7.95. The van der Waals surface area contributed by atoms with Gasteiger partial charge in [-0.1, -0.05) is 17.7 Å². The monoisotopic (exact) mass is 303 g/mol. The van der Waals surface area contributed by atoms with Crippen molar-refractivity contribution < 1.29 is 13.5 Å². The Balaban J connectivity index is 2.68. The van der Waals surface area contributed by atoms with Gasteiger partial charge in [0.15, 0.2) is 9.84 Å². The van der Waals surface area contributed by atoms with Gasteiger partial charge >= 0.3 is 0 Å². The highest BCUT2D eigenvalue weighted by Crippen LogP contribution is 2.15. The summed E-state index contributed by atoms with van der Waals surface area (Å²) in [5.41, 5.74) is 0. The lowest BCUT2D eigenvalue weighted by Gasteiger charge is -2.19. The number of nitrogens with zero attached hydrogens (tertiary/aromatic N) is 1. The Morgan fingerprint density at radius 2 is 1.89 bits per heavy atom. The van der Waals surface area contributed by atoms with Crippen molar-refractivity contribution in [1.29, 1.82) is 0 Å². The van der Waals surface area contributed by atoms with Gasteiger partial charge in [0.05, 0.1) is 17.3 Å². The Morgan fingerprint density at radius 3 is 2.42 bits per heavy atom. The number of benzene rings is 1. The van der Waals surface area contributed by atoms with Crippen molar-refractivity contribution in [3.05, 3.63) is 41.9 Å². The van der Waals surface area contributed by atoms with Crippen LogP contribution in [0.2, 0.25) is 5.02 Å². The molecular weight excluding hydrogens is 286 g/mol. The molecule has 1 N–H and O–H groups in total. The van der Waals surface area contributed by atoms with E-state index < -0.39 is 9.84 Å². The van der Waals surface area contributed by atoms with E-state index in [2.05, 4.69) is 6.58 Å². The minimum atomic E-state index is -3.32. The third-order valence-electron chi connectivity index (χ3n) is 2.65. The third-order valence-corrected chi connectivity index (χ3v) is 4.61. The van der Waals surface area contributed by atoms with Crippen molar-refractivity contribution in [3.63, 3.8) is 0 Å². The minimum Gasteiger partial charge on any atom is -0.395 e. The number of halogens is 1. The second kappa shape index (κ2) is 7.65. The van der Waals surface area contributed by atoms with E-state index in [0.29, 0.717) is 24.7 Å². The highest BCUT2D eigenvalue weighted by Gasteiger charge is 2.15. The average molecular weight is 304 g/mol. The lowest BCUT2D eigenvalue weighted by Crippen LogP contribution is -2.32. The van der Waals surface area contributed by atoms with Gasteiger partial charge in [-0.15, -0.1) is 6.58 Å². The minimum absolute atomic E-state index is 0.00245. The van der Waals surface area contributed by atoms with Crippen molar-refractivity contribution in [2.24, 2.45) is 0 Å². The molecule has 0 aromatic heterocycles. The largest absolute Gasteiger partial charge is 0.395 e. The summed E-state index contributed by atoms with van der Waals surface area (Å²) in [6, 6.07) is 6.12. The van der Waals surface area contributed by atoms with Gasteiger partial charge in [-0.25, -0.2) is 8.42 Å². The Hall–Kier alpha value is -0.880. The molecule has 0 bridgehead atoms. The molecule has 0 saturated heterocycles. The zero-order chi connectivity index (χ0) is 14.3. The highest BCUT2D eigenvalue weighted by molar-refractivity contribution is 7.91. The Morgan fingerprint density at radius 1 is 1.26 bits per heavy atom. The Labute approximate surface area is 119 Å². The fourth-order valence-electron chi connectivity index (χ4n) is 1.63. The highest BCUT2D eigenvalue weighted by atomic mass is 35.5. The summed E-state index contributed by atoms with van der Waals surface area (Å²) in [7, 11) is -3.32. The molecule has 0 heterocycles. The van der Waals surface area contributed by atoms with Gasteiger partial charge in [0.1, 0.15) is 0 Å². The molecule has 0 unspecified atom stereocenters. The van der Waals surface area contributed by atoms with Crippen LogP contribution in [0.3, 0.4) is 0 Å². The van der Waals surface area contributed by atoms with Crippen LogP contribution in [0.5, 0.6) is 0 Å². The number of aliphatic hydroxyl groups is 1. The molecule has 19 heavy (non-hydrogen) atoms. The molecule has 0 saturated carbocycles. The van der Waals surface area contributed by atoms with Crippen molar-refractivity contribution >= 4 is 21.4 Å². The molecule has 0 aliphatic heterocycles. The molecule has 6 heteroatoms. The van der Waals surface area contributed by atoms with E-state index >= 15 is 0 Å². The van der Waals surface area contributed by atoms with Crippen LogP contribution in [-0.4, -0.2) is 50.4 Å². The second-order valence-corrected chi connectivity index (χ2v) is 6.63. The van der Waals surface area contributed by atoms with Crippen LogP contribution in [0.1, 0.15) is 0 Å². The number of rotatable bonds is 8. The SMILES string of the molecule is C=CCN(CCO)CCS(=O)(=O)c1ccc(Cl)cc1. The summed E-state index contributed by atoms with van der Waals surface area (Å²) in [6.07, 6.45) is 1.69. The van der Waals surface area contributed by atoms with Crippen LogP contribution in [0.4, 0.5) is 0 Å². The normalized spacial score (nSPS) is 11.7. The van der Waals surface area contributed by atoms with E-state index in [1.807, 2.05) is 4.90 Å². The van der Waals surface area contributed by atoms with Crippen LogP contribution in [0.15, 0.2) is 41.8 Å². The first-order valence-electron chi connectivity index (χ1n) is 5.92. The van der Waals surface area contributed by atoms with Gasteiger partial charge < -0.3 is 5.11 Å². The van der Waals surface area contributed by atoms with Gasteiger partial charge in [0.2, 0.25) is 0 Å². The van der Waals surface area contributed by atoms with Crippen LogP contribution < -0.4 is 0 Å². The smallest absolute Gasteiger partial charge is 0.179 e. The van der Waals surface area contributed by atoms with Crippen LogP contribution >= 0.6 is 11.6 Å². The predicted octanol–water partition coefficient (Wildman–Crippen LogP) is 1.59. The Kier molecular flexibility index (Phi) is 6.51.